The van der Waals surface area contributed by atoms with E-state index in [1.54, 1.807) is 30.5 Å². The van der Waals surface area contributed by atoms with Crippen molar-refractivity contribution in [1.29, 1.82) is 0 Å². The Balaban J connectivity index is 1.21. The number of fused-ring (bicyclic) bond motifs is 2. The van der Waals surface area contributed by atoms with Crippen molar-refractivity contribution in [2.24, 2.45) is 4.99 Å². The number of hydrogen-bond donors (Lipinski definition) is 1. The summed E-state index contributed by atoms with van der Waals surface area (Å²) in [6.07, 6.45) is 1.75. The number of halogens is 1. The van der Waals surface area contributed by atoms with Gasteiger partial charge in [0.05, 0.1) is 11.0 Å². The van der Waals surface area contributed by atoms with Crippen LogP contribution >= 0.6 is 0 Å². The number of cyclic esters (lactones) is 1. The van der Waals surface area contributed by atoms with Crippen LogP contribution in [0.4, 0.5) is 10.3 Å². The number of aromatic amines is 1. The predicted octanol–water partition coefficient (Wildman–Crippen LogP) is 3.82. The topological polar surface area (TPSA) is 73.8 Å². The average molecular weight is 441 g/mol. The zero-order valence-corrected chi connectivity index (χ0v) is 17.7. The summed E-state index contributed by atoms with van der Waals surface area (Å²) < 4.78 is 19.6. The first-order chi connectivity index (χ1) is 16.2. The van der Waals surface area contributed by atoms with Crippen molar-refractivity contribution in [3.8, 4) is 0 Å². The minimum Gasteiger partial charge on any atom is -0.402 e. The van der Waals surface area contributed by atoms with Crippen molar-refractivity contribution in [3.05, 3.63) is 83.9 Å². The van der Waals surface area contributed by atoms with Crippen molar-refractivity contribution < 1.29 is 13.9 Å². The molecular formula is C25H20FN5O2. The molecule has 3 aromatic carbocycles. The summed E-state index contributed by atoms with van der Waals surface area (Å²) in [4.78, 5) is 29.2. The van der Waals surface area contributed by atoms with E-state index in [2.05, 4.69) is 24.8 Å². The van der Waals surface area contributed by atoms with Crippen LogP contribution in [-0.4, -0.2) is 52.9 Å². The number of imidazole rings is 1. The number of piperazine rings is 1. The van der Waals surface area contributed by atoms with Crippen LogP contribution in [0.3, 0.4) is 0 Å². The van der Waals surface area contributed by atoms with E-state index in [4.69, 9.17) is 4.74 Å². The molecule has 0 bridgehead atoms. The molecule has 0 radical (unpaired) electrons. The molecule has 8 heteroatoms. The second kappa shape index (κ2) is 7.74. The Kier molecular flexibility index (Phi) is 4.57. The van der Waals surface area contributed by atoms with Gasteiger partial charge in [0.2, 0.25) is 11.8 Å². The van der Waals surface area contributed by atoms with Crippen LogP contribution < -0.4 is 4.90 Å². The van der Waals surface area contributed by atoms with Gasteiger partial charge in [-0.05, 0) is 29.7 Å². The summed E-state index contributed by atoms with van der Waals surface area (Å²) in [6.45, 7) is 2.96. The number of para-hydroxylation sites is 2. The van der Waals surface area contributed by atoms with Gasteiger partial charge in [-0.1, -0.05) is 36.4 Å². The standard InChI is InChI=1S/C25H20FN5O2/c26-19-10-9-18(16-5-1-2-6-17(16)19)23-27-22(24(32)33-23)15-30-11-13-31(14-12-30)25-28-20-7-3-4-8-21(20)29-25/h1-10,15H,11-14H2,(H,28,29)/b22-15+. The molecule has 1 saturated heterocycles. The van der Waals surface area contributed by atoms with Gasteiger partial charge in [-0.2, -0.15) is 0 Å². The summed E-state index contributed by atoms with van der Waals surface area (Å²) in [5.41, 5.74) is 2.80. The van der Waals surface area contributed by atoms with Crippen LogP contribution in [0, 0.1) is 5.82 Å². The van der Waals surface area contributed by atoms with Crippen molar-refractivity contribution in [2.45, 2.75) is 0 Å². The van der Waals surface area contributed by atoms with E-state index in [9.17, 15) is 9.18 Å². The van der Waals surface area contributed by atoms with Gasteiger partial charge < -0.3 is 19.5 Å². The maximum Gasteiger partial charge on any atom is 0.365 e. The van der Waals surface area contributed by atoms with Gasteiger partial charge in [0.1, 0.15) is 5.82 Å². The van der Waals surface area contributed by atoms with Crippen molar-refractivity contribution in [3.63, 3.8) is 0 Å². The number of H-pyrrole nitrogens is 1. The molecule has 0 unspecified atom stereocenters. The summed E-state index contributed by atoms with van der Waals surface area (Å²) >= 11 is 0. The lowest BCUT2D eigenvalue weighted by atomic mass is 10.0. The summed E-state index contributed by atoms with van der Waals surface area (Å²) in [5, 5.41) is 1.12. The maximum atomic E-state index is 14.2. The number of anilines is 1. The van der Waals surface area contributed by atoms with Gasteiger partial charge in [-0.25, -0.2) is 19.2 Å². The SMILES string of the molecule is O=C1OC(c2ccc(F)c3ccccc23)=N/C1=C/N1CCN(c2nc3ccccc3[nH]2)CC1. The van der Waals surface area contributed by atoms with Crippen molar-refractivity contribution in [2.75, 3.05) is 31.1 Å². The molecular weight excluding hydrogens is 421 g/mol. The van der Waals surface area contributed by atoms with Gasteiger partial charge >= 0.3 is 5.97 Å². The van der Waals surface area contributed by atoms with Gasteiger partial charge in [0.15, 0.2) is 5.70 Å². The molecule has 1 aromatic heterocycles. The largest absolute Gasteiger partial charge is 0.402 e. The fourth-order valence-electron chi connectivity index (χ4n) is 4.29. The highest BCUT2D eigenvalue weighted by molar-refractivity contribution is 6.16. The van der Waals surface area contributed by atoms with Crippen LogP contribution in [0.2, 0.25) is 0 Å². The fourth-order valence-corrected chi connectivity index (χ4v) is 4.29. The second-order valence-corrected chi connectivity index (χ2v) is 8.06. The van der Waals surface area contributed by atoms with E-state index in [1.165, 1.54) is 6.07 Å². The normalized spacial score (nSPS) is 17.8. The number of esters is 1. The molecule has 0 aliphatic carbocycles. The molecule has 0 spiro atoms. The van der Waals surface area contributed by atoms with E-state index in [1.807, 2.05) is 30.3 Å². The second-order valence-electron chi connectivity index (χ2n) is 8.06. The molecule has 1 N–H and O–H groups in total. The molecule has 164 valence electrons. The number of aromatic nitrogens is 2. The quantitative estimate of drug-likeness (QED) is 0.387. The highest BCUT2D eigenvalue weighted by Crippen LogP contribution is 2.26. The van der Waals surface area contributed by atoms with Crippen molar-refractivity contribution in [1.82, 2.24) is 14.9 Å². The lowest BCUT2D eigenvalue weighted by Gasteiger charge is -2.33. The molecule has 2 aliphatic rings. The van der Waals surface area contributed by atoms with E-state index >= 15 is 0 Å². The van der Waals surface area contributed by atoms with Gasteiger partial charge in [-0.15, -0.1) is 0 Å². The average Bonchev–Trinajstić information content (AvgIpc) is 3.43. The smallest absolute Gasteiger partial charge is 0.365 e. The first-order valence-electron chi connectivity index (χ1n) is 10.8. The first kappa shape index (κ1) is 19.5. The fraction of sp³-hybridized carbons (Fsp3) is 0.160. The van der Waals surface area contributed by atoms with Crippen molar-refractivity contribution >= 4 is 39.6 Å². The molecule has 7 nitrogen and oxygen atoms in total. The van der Waals surface area contributed by atoms with Crippen LogP contribution in [0.15, 0.2) is 77.6 Å². The Bertz CT molecular complexity index is 1420. The number of benzene rings is 3. The zero-order valence-electron chi connectivity index (χ0n) is 17.7. The molecule has 0 saturated carbocycles. The Hall–Kier alpha value is -4.20. The summed E-state index contributed by atoms with van der Waals surface area (Å²) in [7, 11) is 0. The summed E-state index contributed by atoms with van der Waals surface area (Å²) in [5.74, 6) is 0.228. The number of nitrogens with zero attached hydrogens (tertiary/aromatic N) is 4. The van der Waals surface area contributed by atoms with E-state index in [0.29, 0.717) is 16.3 Å². The van der Waals surface area contributed by atoms with Gasteiger partial charge in [0, 0.05) is 43.3 Å². The number of ether oxygens (including phenoxy) is 1. The lowest BCUT2D eigenvalue weighted by Crippen LogP contribution is -2.44. The molecule has 6 rings (SSSR count). The number of carbonyl (C=O) groups is 1. The van der Waals surface area contributed by atoms with Gasteiger partial charge in [-0.3, -0.25) is 0 Å². The highest BCUT2D eigenvalue weighted by Gasteiger charge is 2.27. The minimum atomic E-state index is -0.502. The number of rotatable bonds is 3. The monoisotopic (exact) mass is 441 g/mol. The predicted molar refractivity (Wildman–Crippen MR) is 124 cm³/mol. The van der Waals surface area contributed by atoms with Gasteiger partial charge in [0.25, 0.3) is 0 Å². The maximum absolute atomic E-state index is 14.2. The highest BCUT2D eigenvalue weighted by atomic mass is 19.1. The zero-order chi connectivity index (χ0) is 22.4. The Morgan fingerprint density at radius 1 is 0.939 bits per heavy atom. The number of nitrogens with one attached hydrogen (secondary N) is 1. The Morgan fingerprint density at radius 2 is 1.70 bits per heavy atom. The molecule has 4 aromatic rings. The Morgan fingerprint density at radius 3 is 2.52 bits per heavy atom. The molecule has 3 heterocycles. The number of carbonyl (C=O) groups excluding carboxylic acids is 1. The minimum absolute atomic E-state index is 0.198. The van der Waals surface area contributed by atoms with Crippen LogP contribution in [-0.2, 0) is 9.53 Å². The third-order valence-corrected chi connectivity index (χ3v) is 6.02. The molecule has 0 amide bonds. The number of aliphatic imine (C=N–C) groups is 1. The van der Waals surface area contributed by atoms with Crippen LogP contribution in [0.5, 0.6) is 0 Å². The third kappa shape index (κ3) is 3.49. The van der Waals surface area contributed by atoms with Crippen LogP contribution in [0.1, 0.15) is 5.56 Å². The first-order valence-corrected chi connectivity index (χ1v) is 10.8. The molecule has 0 atom stereocenters. The number of hydrogen-bond acceptors (Lipinski definition) is 6. The molecule has 33 heavy (non-hydrogen) atoms. The van der Waals surface area contributed by atoms with E-state index in [0.717, 1.165) is 43.2 Å². The van der Waals surface area contributed by atoms with Crippen LogP contribution in [0.25, 0.3) is 21.8 Å². The molecule has 1 fully saturated rings. The van der Waals surface area contributed by atoms with E-state index < -0.39 is 5.97 Å². The van der Waals surface area contributed by atoms with E-state index in [-0.39, 0.29) is 17.4 Å². The molecule has 2 aliphatic heterocycles. The third-order valence-electron chi connectivity index (χ3n) is 6.02. The lowest BCUT2D eigenvalue weighted by molar-refractivity contribution is -0.130. The summed E-state index contributed by atoms with van der Waals surface area (Å²) in [6, 6.07) is 18.0. The Labute approximate surface area is 188 Å².